The number of thioether (sulfide) groups is 1. The van der Waals surface area contributed by atoms with Crippen LogP contribution in [0.1, 0.15) is 13.3 Å². The summed E-state index contributed by atoms with van der Waals surface area (Å²) < 4.78 is 24.8. The molecule has 0 aliphatic rings. The minimum absolute atomic E-state index is 0.325. The molecule has 5 nitrogen and oxygen atoms in total. The zero-order valence-corrected chi connectivity index (χ0v) is 10.3. The van der Waals surface area contributed by atoms with E-state index in [1.807, 2.05) is 0 Å². The van der Waals surface area contributed by atoms with Gasteiger partial charge >= 0.3 is 0 Å². The Kier molecular flexibility index (Phi) is 4.14. The molecule has 1 heterocycles. The van der Waals surface area contributed by atoms with E-state index in [1.54, 1.807) is 11.8 Å². The molecule has 8 heteroatoms. The first-order valence-corrected chi connectivity index (χ1v) is 7.64. The number of anilines is 1. The molecule has 0 radical (unpaired) electrons. The van der Waals surface area contributed by atoms with Gasteiger partial charge in [-0.2, -0.15) is 0 Å². The molecule has 0 saturated heterocycles. The third-order valence-corrected chi connectivity index (χ3v) is 3.98. The van der Waals surface area contributed by atoms with Gasteiger partial charge in [-0.3, -0.25) is 4.72 Å². The number of rotatable bonds is 5. The van der Waals surface area contributed by atoms with Gasteiger partial charge in [0.2, 0.25) is 15.2 Å². The number of nitrogens with zero attached hydrogens (tertiary/aromatic N) is 2. The van der Waals surface area contributed by atoms with Gasteiger partial charge < -0.3 is 0 Å². The Morgan fingerprint density at radius 1 is 1.50 bits per heavy atom. The summed E-state index contributed by atoms with van der Waals surface area (Å²) in [7, 11) is -3.24. The molecule has 0 unspecified atom stereocenters. The molecule has 0 atom stereocenters. The lowest BCUT2D eigenvalue weighted by Gasteiger charge is -1.94. The average Bonchev–Trinajstić information content (AvgIpc) is 2.46. The van der Waals surface area contributed by atoms with Crippen LogP contribution in [0, 0.1) is 0 Å². The van der Waals surface area contributed by atoms with E-state index in [-0.39, 0.29) is 0 Å². The third kappa shape index (κ3) is 4.25. The van der Waals surface area contributed by atoms with Gasteiger partial charge in [0.25, 0.3) is 0 Å². The van der Waals surface area contributed by atoms with Crippen LogP contribution in [0.2, 0.25) is 0 Å². The van der Waals surface area contributed by atoms with Crippen molar-refractivity contribution in [1.29, 1.82) is 0 Å². The van der Waals surface area contributed by atoms with Crippen molar-refractivity contribution in [2.24, 2.45) is 0 Å². The Morgan fingerprint density at radius 3 is 2.79 bits per heavy atom. The SMILES string of the molecule is CCCSc1nnc(NS(C)(=O)=O)s1. The van der Waals surface area contributed by atoms with Gasteiger partial charge in [-0.25, -0.2) is 8.42 Å². The fraction of sp³-hybridized carbons (Fsp3) is 0.667. The van der Waals surface area contributed by atoms with Crippen LogP contribution in [0.3, 0.4) is 0 Å². The van der Waals surface area contributed by atoms with E-state index in [0.717, 1.165) is 22.8 Å². The second-order valence-corrected chi connectivity index (χ2v) is 6.66. The van der Waals surface area contributed by atoms with Crippen LogP contribution in [0.15, 0.2) is 4.34 Å². The number of aromatic nitrogens is 2. The first-order valence-electron chi connectivity index (χ1n) is 3.95. The molecule has 0 aromatic carbocycles. The molecule has 0 aliphatic heterocycles. The fourth-order valence-corrected chi connectivity index (χ4v) is 3.16. The number of sulfonamides is 1. The lowest BCUT2D eigenvalue weighted by Crippen LogP contribution is -2.08. The second-order valence-electron chi connectivity index (χ2n) is 2.60. The Morgan fingerprint density at radius 2 is 2.21 bits per heavy atom. The Balaban J connectivity index is 2.59. The first kappa shape index (κ1) is 11.7. The van der Waals surface area contributed by atoms with Gasteiger partial charge in [0.1, 0.15) is 0 Å². The van der Waals surface area contributed by atoms with E-state index < -0.39 is 10.0 Å². The maximum atomic E-state index is 10.8. The van der Waals surface area contributed by atoms with Crippen LogP contribution in [-0.4, -0.2) is 30.6 Å². The van der Waals surface area contributed by atoms with E-state index in [9.17, 15) is 8.42 Å². The smallest absolute Gasteiger partial charge is 0.231 e. The normalized spacial score (nSPS) is 11.6. The number of hydrogen-bond acceptors (Lipinski definition) is 6. The van der Waals surface area contributed by atoms with Crippen LogP contribution in [0.5, 0.6) is 0 Å². The molecule has 0 spiro atoms. The van der Waals surface area contributed by atoms with Crippen molar-refractivity contribution in [1.82, 2.24) is 10.2 Å². The van der Waals surface area contributed by atoms with Crippen LogP contribution >= 0.6 is 23.1 Å². The molecular formula is C6H11N3O2S3. The molecule has 1 aromatic rings. The largest absolute Gasteiger partial charge is 0.257 e. The second kappa shape index (κ2) is 4.94. The predicted molar refractivity (Wildman–Crippen MR) is 59.4 cm³/mol. The van der Waals surface area contributed by atoms with E-state index in [2.05, 4.69) is 21.8 Å². The van der Waals surface area contributed by atoms with Crippen LogP contribution in [-0.2, 0) is 10.0 Å². The maximum Gasteiger partial charge on any atom is 0.231 e. The highest BCUT2D eigenvalue weighted by Gasteiger charge is 2.08. The van der Waals surface area contributed by atoms with E-state index >= 15 is 0 Å². The molecule has 0 aliphatic carbocycles. The third-order valence-electron chi connectivity index (χ3n) is 1.11. The van der Waals surface area contributed by atoms with Gasteiger partial charge in [0.15, 0.2) is 4.34 Å². The maximum absolute atomic E-state index is 10.8. The number of hydrogen-bond donors (Lipinski definition) is 1. The molecule has 1 N–H and O–H groups in total. The molecule has 0 bridgehead atoms. The lowest BCUT2D eigenvalue weighted by molar-refractivity contribution is 0.606. The molecule has 0 saturated carbocycles. The minimum Gasteiger partial charge on any atom is -0.257 e. The van der Waals surface area contributed by atoms with E-state index in [4.69, 9.17) is 0 Å². The monoisotopic (exact) mass is 253 g/mol. The molecule has 0 fully saturated rings. The lowest BCUT2D eigenvalue weighted by atomic mass is 10.6. The van der Waals surface area contributed by atoms with Gasteiger partial charge in [0.05, 0.1) is 6.26 Å². The van der Waals surface area contributed by atoms with Crippen molar-refractivity contribution in [3.05, 3.63) is 0 Å². The van der Waals surface area contributed by atoms with E-state index in [0.29, 0.717) is 5.13 Å². The number of nitrogens with one attached hydrogen (secondary N) is 1. The van der Waals surface area contributed by atoms with Gasteiger partial charge in [-0.1, -0.05) is 30.0 Å². The summed E-state index contributed by atoms with van der Waals surface area (Å²) in [6.07, 6.45) is 2.15. The molecule has 0 amide bonds. The van der Waals surface area contributed by atoms with Crippen LogP contribution < -0.4 is 4.72 Å². The van der Waals surface area contributed by atoms with Gasteiger partial charge in [0, 0.05) is 5.75 Å². The Hall–Kier alpha value is -0.340. The summed E-state index contributed by atoms with van der Waals surface area (Å²) in [5.41, 5.74) is 0. The van der Waals surface area contributed by atoms with Gasteiger partial charge in [-0.15, -0.1) is 10.2 Å². The van der Waals surface area contributed by atoms with Crippen molar-refractivity contribution >= 4 is 38.3 Å². The zero-order chi connectivity index (χ0) is 10.6. The Labute approximate surface area is 91.4 Å². The summed E-state index contributed by atoms with van der Waals surface area (Å²) in [6.45, 7) is 2.07. The van der Waals surface area contributed by atoms with Crippen molar-refractivity contribution < 1.29 is 8.42 Å². The first-order chi connectivity index (χ1) is 6.51. The van der Waals surface area contributed by atoms with Crippen molar-refractivity contribution in [3.8, 4) is 0 Å². The summed E-state index contributed by atoms with van der Waals surface area (Å²) >= 11 is 2.83. The molecule has 1 rings (SSSR count). The van der Waals surface area contributed by atoms with E-state index in [1.165, 1.54) is 11.3 Å². The quantitative estimate of drug-likeness (QED) is 0.803. The highest BCUT2D eigenvalue weighted by Crippen LogP contribution is 2.25. The van der Waals surface area contributed by atoms with Crippen LogP contribution in [0.25, 0.3) is 0 Å². The standard InChI is InChI=1S/C6H11N3O2S3/c1-3-4-12-6-8-7-5(13-6)9-14(2,10)11/h3-4H2,1-2H3,(H,7,9). The summed E-state index contributed by atoms with van der Waals surface area (Å²) in [4.78, 5) is 0. The van der Waals surface area contributed by atoms with Crippen LogP contribution in [0.4, 0.5) is 5.13 Å². The molecule has 14 heavy (non-hydrogen) atoms. The van der Waals surface area contributed by atoms with Gasteiger partial charge in [-0.05, 0) is 6.42 Å². The molecule has 1 aromatic heterocycles. The van der Waals surface area contributed by atoms with Crippen molar-refractivity contribution in [2.45, 2.75) is 17.7 Å². The van der Waals surface area contributed by atoms with Crippen molar-refractivity contribution in [2.75, 3.05) is 16.7 Å². The highest BCUT2D eigenvalue weighted by atomic mass is 32.2. The predicted octanol–water partition coefficient (Wildman–Crippen LogP) is 1.41. The topological polar surface area (TPSA) is 72.0 Å². The summed E-state index contributed by atoms with van der Waals surface area (Å²) in [6, 6.07) is 0. The molecular weight excluding hydrogens is 242 g/mol. The average molecular weight is 253 g/mol. The highest BCUT2D eigenvalue weighted by molar-refractivity contribution is 8.01. The Bertz CT molecular complexity index is 387. The molecule has 80 valence electrons. The fourth-order valence-electron chi connectivity index (χ4n) is 0.657. The minimum atomic E-state index is -3.24. The summed E-state index contributed by atoms with van der Waals surface area (Å²) in [5.74, 6) is 0.966. The zero-order valence-electron chi connectivity index (χ0n) is 7.85. The van der Waals surface area contributed by atoms with Crippen molar-refractivity contribution in [3.63, 3.8) is 0 Å². The summed E-state index contributed by atoms with van der Waals surface area (Å²) in [5, 5.41) is 7.88.